The lowest BCUT2D eigenvalue weighted by atomic mass is 10.5. The molecule has 90 valence electrons. The van der Waals surface area contributed by atoms with Crippen LogP contribution in [0.1, 0.15) is 10.6 Å². The number of nitrogens with one attached hydrogen (secondary N) is 2. The molecule has 0 aromatic carbocycles. The molecule has 0 atom stereocenters. The van der Waals surface area contributed by atoms with E-state index in [1.54, 1.807) is 16.7 Å². The van der Waals surface area contributed by atoms with Crippen molar-refractivity contribution in [3.05, 3.63) is 28.7 Å². The van der Waals surface area contributed by atoms with Crippen molar-refractivity contribution in [1.29, 1.82) is 0 Å². The van der Waals surface area contributed by atoms with Gasteiger partial charge in [-0.25, -0.2) is 4.98 Å². The van der Waals surface area contributed by atoms with E-state index in [0.717, 1.165) is 9.88 Å². The van der Waals surface area contributed by atoms with Crippen LogP contribution in [0.15, 0.2) is 22.9 Å². The largest absolute Gasteiger partial charge is 0.303 e. The summed E-state index contributed by atoms with van der Waals surface area (Å²) in [7, 11) is 0. The van der Waals surface area contributed by atoms with E-state index in [9.17, 15) is 4.79 Å². The minimum atomic E-state index is -0.438. The first-order valence-electron chi connectivity index (χ1n) is 4.87. The Morgan fingerprint density at radius 1 is 1.39 bits per heavy atom. The summed E-state index contributed by atoms with van der Waals surface area (Å²) in [4.78, 5) is 17.0. The third-order valence-electron chi connectivity index (χ3n) is 2.03. The Hall–Kier alpha value is -2.13. The van der Waals surface area contributed by atoms with Crippen molar-refractivity contribution in [2.75, 3.05) is 5.32 Å². The average Bonchev–Trinajstić information content (AvgIpc) is 3.12. The van der Waals surface area contributed by atoms with Gasteiger partial charge in [-0.15, -0.1) is 32.9 Å². The van der Waals surface area contributed by atoms with Crippen molar-refractivity contribution < 1.29 is 4.79 Å². The Morgan fingerprint density at radius 3 is 3.06 bits per heavy atom. The third kappa shape index (κ3) is 2.13. The zero-order valence-corrected chi connectivity index (χ0v) is 10.5. The fourth-order valence-electron chi connectivity index (χ4n) is 1.27. The van der Waals surface area contributed by atoms with Gasteiger partial charge in [-0.3, -0.25) is 4.79 Å². The van der Waals surface area contributed by atoms with Crippen LogP contribution in [0.4, 0.5) is 5.82 Å². The van der Waals surface area contributed by atoms with Crippen LogP contribution in [0.5, 0.6) is 0 Å². The Kier molecular flexibility index (Phi) is 2.82. The van der Waals surface area contributed by atoms with Gasteiger partial charge < -0.3 is 5.32 Å². The Labute approximate surface area is 109 Å². The van der Waals surface area contributed by atoms with Crippen LogP contribution in [-0.4, -0.2) is 31.5 Å². The fourth-order valence-corrected chi connectivity index (χ4v) is 2.84. The van der Waals surface area contributed by atoms with Gasteiger partial charge in [0.2, 0.25) is 0 Å². The third-order valence-corrected chi connectivity index (χ3v) is 3.91. The molecule has 0 aliphatic rings. The standard InChI is InChI=1S/C9H6N6OS2/c16-8(7-12-14-15-13-7)10-6-4-18-9(11-6)5-2-1-3-17-5/h1-4H,(H,10,16)(H,12,13,14,15). The van der Waals surface area contributed by atoms with Crippen LogP contribution < -0.4 is 5.32 Å². The highest BCUT2D eigenvalue weighted by Crippen LogP contribution is 2.29. The normalized spacial score (nSPS) is 10.4. The molecule has 0 radical (unpaired) electrons. The Bertz CT molecular complexity index is 644. The number of thiophene rings is 1. The van der Waals surface area contributed by atoms with Gasteiger partial charge >= 0.3 is 0 Å². The topological polar surface area (TPSA) is 96.5 Å². The maximum atomic E-state index is 11.6. The molecule has 0 bridgehead atoms. The Morgan fingerprint density at radius 2 is 2.33 bits per heavy atom. The summed E-state index contributed by atoms with van der Waals surface area (Å²) < 4.78 is 0. The number of thiazole rings is 1. The van der Waals surface area contributed by atoms with Crippen molar-refractivity contribution in [2.45, 2.75) is 0 Å². The Balaban J connectivity index is 1.76. The highest BCUT2D eigenvalue weighted by atomic mass is 32.1. The number of aromatic nitrogens is 5. The SMILES string of the molecule is O=C(Nc1csc(-c2cccs2)n1)c1nn[nH]n1. The van der Waals surface area contributed by atoms with Gasteiger partial charge in [-0.1, -0.05) is 6.07 Å². The monoisotopic (exact) mass is 278 g/mol. The quantitative estimate of drug-likeness (QED) is 0.759. The summed E-state index contributed by atoms with van der Waals surface area (Å²) in [5, 5.41) is 19.9. The van der Waals surface area contributed by atoms with Crippen molar-refractivity contribution in [3.63, 3.8) is 0 Å². The average molecular weight is 278 g/mol. The molecule has 9 heteroatoms. The molecular formula is C9H6N6OS2. The van der Waals surface area contributed by atoms with Gasteiger partial charge in [0, 0.05) is 5.38 Å². The van der Waals surface area contributed by atoms with Crippen molar-refractivity contribution in [1.82, 2.24) is 25.6 Å². The zero-order valence-electron chi connectivity index (χ0n) is 8.82. The molecule has 3 heterocycles. The van der Waals surface area contributed by atoms with E-state index in [1.165, 1.54) is 11.3 Å². The molecule has 18 heavy (non-hydrogen) atoms. The van der Waals surface area contributed by atoms with E-state index in [0.29, 0.717) is 5.82 Å². The summed E-state index contributed by atoms with van der Waals surface area (Å²) in [6.45, 7) is 0. The number of H-pyrrole nitrogens is 1. The molecule has 3 aromatic rings. The molecule has 2 N–H and O–H groups in total. The van der Waals surface area contributed by atoms with Gasteiger partial charge in [-0.2, -0.15) is 5.21 Å². The number of hydrogen-bond donors (Lipinski definition) is 2. The van der Waals surface area contributed by atoms with E-state index < -0.39 is 5.91 Å². The molecule has 1 amide bonds. The van der Waals surface area contributed by atoms with Crippen LogP contribution in [0, 0.1) is 0 Å². The first-order chi connectivity index (χ1) is 8.83. The molecule has 3 aromatic heterocycles. The first kappa shape index (κ1) is 11.0. The molecule has 0 aliphatic carbocycles. The predicted octanol–water partition coefficient (Wildman–Crippen LogP) is 1.64. The highest BCUT2D eigenvalue weighted by Gasteiger charge is 2.13. The highest BCUT2D eigenvalue weighted by molar-refractivity contribution is 7.20. The van der Waals surface area contributed by atoms with Gasteiger partial charge in [0.1, 0.15) is 10.8 Å². The smallest absolute Gasteiger partial charge is 0.298 e. The molecule has 7 nitrogen and oxygen atoms in total. The lowest BCUT2D eigenvalue weighted by molar-refractivity contribution is 0.101. The van der Waals surface area contributed by atoms with E-state index in [4.69, 9.17) is 0 Å². The summed E-state index contributed by atoms with van der Waals surface area (Å²) >= 11 is 3.07. The van der Waals surface area contributed by atoms with Crippen LogP contribution >= 0.6 is 22.7 Å². The molecule has 3 rings (SSSR count). The second kappa shape index (κ2) is 4.63. The van der Waals surface area contributed by atoms with E-state index in [1.807, 2.05) is 17.5 Å². The van der Waals surface area contributed by atoms with E-state index in [2.05, 4.69) is 30.9 Å². The first-order valence-corrected chi connectivity index (χ1v) is 6.63. The van der Waals surface area contributed by atoms with Gasteiger partial charge in [-0.05, 0) is 16.7 Å². The summed E-state index contributed by atoms with van der Waals surface area (Å²) in [6.07, 6.45) is 0. The lowest BCUT2D eigenvalue weighted by Crippen LogP contribution is -2.14. The maximum Gasteiger partial charge on any atom is 0.298 e. The fraction of sp³-hybridized carbons (Fsp3) is 0. The molecule has 0 fully saturated rings. The van der Waals surface area contributed by atoms with Crippen LogP contribution in [0.25, 0.3) is 9.88 Å². The second-order valence-electron chi connectivity index (χ2n) is 3.20. The minimum Gasteiger partial charge on any atom is -0.303 e. The summed E-state index contributed by atoms with van der Waals surface area (Å²) in [6, 6.07) is 3.94. The van der Waals surface area contributed by atoms with Crippen molar-refractivity contribution in [2.24, 2.45) is 0 Å². The number of carbonyl (C=O) groups is 1. The lowest BCUT2D eigenvalue weighted by Gasteiger charge is -1.95. The number of rotatable bonds is 3. The number of amides is 1. The summed E-state index contributed by atoms with van der Waals surface area (Å²) in [5.41, 5.74) is 0. The zero-order chi connectivity index (χ0) is 12.4. The number of carbonyl (C=O) groups excluding carboxylic acids is 1. The van der Waals surface area contributed by atoms with Crippen LogP contribution in [-0.2, 0) is 0 Å². The van der Waals surface area contributed by atoms with Gasteiger partial charge in [0.05, 0.1) is 4.88 Å². The van der Waals surface area contributed by atoms with Gasteiger partial charge in [0.15, 0.2) is 0 Å². The van der Waals surface area contributed by atoms with Crippen molar-refractivity contribution >= 4 is 34.4 Å². The molecule has 0 unspecified atom stereocenters. The van der Waals surface area contributed by atoms with E-state index in [-0.39, 0.29) is 5.82 Å². The number of aromatic amines is 1. The van der Waals surface area contributed by atoms with Gasteiger partial charge in [0.25, 0.3) is 11.7 Å². The maximum absolute atomic E-state index is 11.6. The molecule has 0 spiro atoms. The molecular weight excluding hydrogens is 272 g/mol. The summed E-state index contributed by atoms with van der Waals surface area (Å²) in [5.74, 6) is 0.0330. The van der Waals surface area contributed by atoms with Crippen molar-refractivity contribution in [3.8, 4) is 9.88 Å². The number of anilines is 1. The number of hydrogen-bond acceptors (Lipinski definition) is 7. The molecule has 0 saturated carbocycles. The van der Waals surface area contributed by atoms with Crippen LogP contribution in [0.2, 0.25) is 0 Å². The van der Waals surface area contributed by atoms with Crippen LogP contribution in [0.3, 0.4) is 0 Å². The van der Waals surface area contributed by atoms with E-state index >= 15 is 0 Å². The minimum absolute atomic E-state index is 0.0133. The molecule has 0 saturated heterocycles. The number of tetrazole rings is 1. The number of nitrogens with zero attached hydrogens (tertiary/aromatic N) is 4. The predicted molar refractivity (Wildman–Crippen MR) is 67.6 cm³/mol. The molecule has 0 aliphatic heterocycles. The second-order valence-corrected chi connectivity index (χ2v) is 5.01.